The standard InChI is InChI=1S/C11H11NO3/c1-7(2)15-10-4-3-8(11(13)14)5-9(10)6-12/h3-5,7H,1-2H3,(H,13,14)/i7D. The fraction of sp³-hybridized carbons (Fsp3) is 0.273. The molecule has 0 unspecified atom stereocenters. The minimum atomic E-state index is -1.17. The van der Waals surface area contributed by atoms with Crippen molar-refractivity contribution in [2.45, 2.75) is 19.9 Å². The molecule has 0 radical (unpaired) electrons. The Morgan fingerprint density at radius 1 is 1.67 bits per heavy atom. The molecule has 1 aromatic rings. The first-order valence-electron chi connectivity index (χ1n) is 4.80. The molecular weight excluding hydrogens is 194 g/mol. The van der Waals surface area contributed by atoms with Gasteiger partial charge in [-0.3, -0.25) is 0 Å². The number of ether oxygens (including phenoxy) is 1. The molecule has 0 bridgehead atoms. The van der Waals surface area contributed by atoms with Crippen LogP contribution in [0.5, 0.6) is 5.75 Å². The molecule has 4 nitrogen and oxygen atoms in total. The monoisotopic (exact) mass is 206 g/mol. The zero-order valence-electron chi connectivity index (χ0n) is 9.44. The van der Waals surface area contributed by atoms with Gasteiger partial charge >= 0.3 is 5.97 Å². The summed E-state index contributed by atoms with van der Waals surface area (Å²) in [6.07, 6.45) is -1.17. The van der Waals surface area contributed by atoms with Gasteiger partial charge in [-0.05, 0) is 32.0 Å². The largest absolute Gasteiger partial charge is 0.490 e. The van der Waals surface area contributed by atoms with Gasteiger partial charge in [0.05, 0.1) is 18.6 Å². The van der Waals surface area contributed by atoms with E-state index in [9.17, 15) is 4.79 Å². The Kier molecular flexibility index (Phi) is 2.84. The minimum Gasteiger partial charge on any atom is -0.490 e. The van der Waals surface area contributed by atoms with Crippen molar-refractivity contribution in [3.05, 3.63) is 29.3 Å². The number of carboxylic acids is 1. The average molecular weight is 206 g/mol. The van der Waals surface area contributed by atoms with E-state index < -0.39 is 12.0 Å². The van der Waals surface area contributed by atoms with Gasteiger partial charge < -0.3 is 9.84 Å². The molecule has 1 aromatic carbocycles. The summed E-state index contributed by atoms with van der Waals surface area (Å²) in [6, 6.07) is 5.79. The van der Waals surface area contributed by atoms with Crippen molar-refractivity contribution in [1.82, 2.24) is 0 Å². The highest BCUT2D eigenvalue weighted by atomic mass is 16.5. The highest BCUT2D eigenvalue weighted by Crippen LogP contribution is 2.20. The predicted octanol–water partition coefficient (Wildman–Crippen LogP) is 2.04. The number of carboxylic acid groups (broad SMARTS) is 1. The van der Waals surface area contributed by atoms with Gasteiger partial charge in [0.1, 0.15) is 11.8 Å². The SMILES string of the molecule is [2H]C(C)(C)Oc1ccc(C(=O)O)cc1C#N. The zero-order chi connectivity index (χ0) is 12.3. The molecule has 1 rings (SSSR count). The topological polar surface area (TPSA) is 70.3 Å². The first-order valence-corrected chi connectivity index (χ1v) is 4.30. The van der Waals surface area contributed by atoms with Gasteiger partial charge in [0, 0.05) is 0 Å². The Morgan fingerprint density at radius 2 is 2.33 bits per heavy atom. The van der Waals surface area contributed by atoms with E-state index >= 15 is 0 Å². The molecule has 4 heteroatoms. The van der Waals surface area contributed by atoms with Crippen molar-refractivity contribution in [2.24, 2.45) is 0 Å². The van der Waals surface area contributed by atoms with Crippen LogP contribution < -0.4 is 4.74 Å². The maximum absolute atomic E-state index is 10.7. The average Bonchev–Trinajstić information content (AvgIpc) is 2.15. The van der Waals surface area contributed by atoms with Crippen molar-refractivity contribution >= 4 is 5.97 Å². The number of nitrogens with zero attached hydrogens (tertiary/aromatic N) is 1. The van der Waals surface area contributed by atoms with Gasteiger partial charge in [-0.25, -0.2) is 4.79 Å². The number of benzene rings is 1. The maximum Gasteiger partial charge on any atom is 0.335 e. The van der Waals surface area contributed by atoms with Crippen LogP contribution in [0, 0.1) is 11.3 Å². The Labute approximate surface area is 89.1 Å². The number of carbonyl (C=O) groups is 1. The summed E-state index contributed by atoms with van der Waals surface area (Å²) in [4.78, 5) is 10.7. The van der Waals surface area contributed by atoms with Gasteiger partial charge in [0.2, 0.25) is 0 Å². The number of nitriles is 1. The summed E-state index contributed by atoms with van der Waals surface area (Å²) in [7, 11) is 0. The van der Waals surface area contributed by atoms with Crippen molar-refractivity contribution in [2.75, 3.05) is 0 Å². The highest BCUT2D eigenvalue weighted by Gasteiger charge is 2.09. The Hall–Kier alpha value is -2.02. The molecule has 0 aromatic heterocycles. The van der Waals surface area contributed by atoms with Crippen LogP contribution in [0.25, 0.3) is 0 Å². The molecule has 15 heavy (non-hydrogen) atoms. The lowest BCUT2D eigenvalue weighted by Crippen LogP contribution is -2.07. The minimum absolute atomic E-state index is 0.0201. The maximum atomic E-state index is 10.7. The van der Waals surface area contributed by atoms with Crippen LogP contribution in [0.3, 0.4) is 0 Å². The molecule has 0 atom stereocenters. The Balaban J connectivity index is 3.14. The van der Waals surface area contributed by atoms with E-state index in [2.05, 4.69) is 0 Å². The van der Waals surface area contributed by atoms with Gasteiger partial charge in [-0.15, -0.1) is 0 Å². The lowest BCUT2D eigenvalue weighted by molar-refractivity contribution is 0.0697. The fourth-order valence-corrected chi connectivity index (χ4v) is 1.06. The van der Waals surface area contributed by atoms with Crippen LogP contribution in [0.2, 0.25) is 0 Å². The number of aromatic carboxylic acids is 1. The predicted molar refractivity (Wildman–Crippen MR) is 53.9 cm³/mol. The van der Waals surface area contributed by atoms with Gasteiger partial charge in [-0.1, -0.05) is 0 Å². The molecule has 1 N–H and O–H groups in total. The quantitative estimate of drug-likeness (QED) is 0.821. The third-order valence-corrected chi connectivity index (χ3v) is 1.66. The normalized spacial score (nSPS) is 11.4. The Bertz CT molecular complexity index is 457. The molecule has 0 spiro atoms. The molecule has 0 aliphatic rings. The molecule has 0 saturated heterocycles. The molecule has 0 saturated carbocycles. The summed E-state index contributed by atoms with van der Waals surface area (Å²) in [6.45, 7) is 3.05. The van der Waals surface area contributed by atoms with E-state index in [1.807, 2.05) is 6.07 Å². The molecule has 0 heterocycles. The van der Waals surface area contributed by atoms with Crippen LogP contribution in [-0.4, -0.2) is 17.2 Å². The second kappa shape index (κ2) is 4.47. The van der Waals surface area contributed by atoms with Gasteiger partial charge in [0.25, 0.3) is 0 Å². The molecular formula is C11H11NO3. The second-order valence-corrected chi connectivity index (χ2v) is 3.14. The molecule has 0 fully saturated rings. The third kappa shape index (κ3) is 2.71. The summed E-state index contributed by atoms with van der Waals surface area (Å²) in [5.41, 5.74) is 0.131. The highest BCUT2D eigenvalue weighted by molar-refractivity contribution is 5.88. The van der Waals surface area contributed by atoms with Gasteiger partial charge in [-0.2, -0.15) is 5.26 Å². The van der Waals surface area contributed by atoms with E-state index in [-0.39, 0.29) is 16.9 Å². The molecule has 0 aliphatic heterocycles. The lowest BCUT2D eigenvalue weighted by atomic mass is 10.1. The molecule has 0 aliphatic carbocycles. The third-order valence-electron chi connectivity index (χ3n) is 1.66. The van der Waals surface area contributed by atoms with Crippen LogP contribution in [0.15, 0.2) is 18.2 Å². The first-order chi connectivity index (χ1) is 7.33. The summed E-state index contributed by atoms with van der Waals surface area (Å²) >= 11 is 0. The zero-order valence-corrected chi connectivity index (χ0v) is 8.44. The van der Waals surface area contributed by atoms with E-state index in [0.717, 1.165) is 0 Å². The fourth-order valence-electron chi connectivity index (χ4n) is 1.06. The van der Waals surface area contributed by atoms with E-state index in [1.165, 1.54) is 32.0 Å². The Morgan fingerprint density at radius 3 is 2.80 bits per heavy atom. The molecule has 78 valence electrons. The number of hydrogen-bond donors (Lipinski definition) is 1. The summed E-state index contributed by atoms with van der Waals surface area (Å²) in [5, 5.41) is 17.6. The number of hydrogen-bond acceptors (Lipinski definition) is 3. The van der Waals surface area contributed by atoms with Crippen molar-refractivity contribution in [1.29, 1.82) is 5.26 Å². The first kappa shape index (κ1) is 9.53. The van der Waals surface area contributed by atoms with E-state index in [0.29, 0.717) is 0 Å². The van der Waals surface area contributed by atoms with Crippen molar-refractivity contribution in [3.8, 4) is 11.8 Å². The van der Waals surface area contributed by atoms with E-state index in [1.54, 1.807) is 0 Å². The van der Waals surface area contributed by atoms with Gasteiger partial charge in [0.15, 0.2) is 0 Å². The van der Waals surface area contributed by atoms with Crippen LogP contribution >= 0.6 is 0 Å². The second-order valence-electron chi connectivity index (χ2n) is 3.14. The molecule has 0 amide bonds. The number of rotatable bonds is 3. The van der Waals surface area contributed by atoms with E-state index in [4.69, 9.17) is 16.5 Å². The van der Waals surface area contributed by atoms with Crippen LogP contribution in [0.1, 0.15) is 31.1 Å². The van der Waals surface area contributed by atoms with Crippen LogP contribution in [-0.2, 0) is 0 Å². The summed E-state index contributed by atoms with van der Waals surface area (Å²) in [5.74, 6) is -0.888. The smallest absolute Gasteiger partial charge is 0.335 e. The lowest BCUT2D eigenvalue weighted by Gasteiger charge is -2.11. The van der Waals surface area contributed by atoms with Crippen molar-refractivity contribution in [3.63, 3.8) is 0 Å². The van der Waals surface area contributed by atoms with Crippen molar-refractivity contribution < 1.29 is 16.0 Å². The summed E-state index contributed by atoms with van der Waals surface area (Å²) < 4.78 is 12.7. The van der Waals surface area contributed by atoms with Crippen LogP contribution in [0.4, 0.5) is 0 Å².